The zero-order chi connectivity index (χ0) is 13.9. The normalized spacial score (nSPS) is 11.8. The Balaban J connectivity index is 3.28. The third-order valence-corrected chi connectivity index (χ3v) is 4.39. The highest BCUT2D eigenvalue weighted by molar-refractivity contribution is 7.89. The number of halogens is 1. The summed E-state index contributed by atoms with van der Waals surface area (Å²) in [6, 6.07) is 4.04. The molecular formula is C12H16ClNO3S. The second-order valence-electron chi connectivity index (χ2n) is 4.20. The number of hydrogen-bond acceptors (Lipinski definition) is 3. The van der Waals surface area contributed by atoms with E-state index >= 15 is 0 Å². The summed E-state index contributed by atoms with van der Waals surface area (Å²) in [7, 11) is -3.69. The van der Waals surface area contributed by atoms with E-state index in [2.05, 4.69) is 4.72 Å². The number of nitrogens with one attached hydrogen (secondary N) is 1. The van der Waals surface area contributed by atoms with Gasteiger partial charge in [-0.25, -0.2) is 13.1 Å². The zero-order valence-electron chi connectivity index (χ0n) is 10.5. The van der Waals surface area contributed by atoms with Gasteiger partial charge < -0.3 is 0 Å². The maximum Gasteiger partial charge on any atom is 0.242 e. The molecule has 0 heterocycles. The first-order valence-corrected chi connectivity index (χ1v) is 7.49. The fourth-order valence-electron chi connectivity index (χ4n) is 1.46. The van der Waals surface area contributed by atoms with E-state index in [4.69, 9.17) is 11.6 Å². The van der Waals surface area contributed by atoms with Crippen molar-refractivity contribution in [1.82, 2.24) is 4.72 Å². The molecule has 0 fully saturated rings. The minimum absolute atomic E-state index is 0.0582. The third-order valence-electron chi connectivity index (χ3n) is 2.25. The van der Waals surface area contributed by atoms with Crippen LogP contribution < -0.4 is 4.72 Å². The molecule has 0 saturated heterocycles. The lowest BCUT2D eigenvalue weighted by Gasteiger charge is -2.11. The molecule has 0 amide bonds. The number of sulfonamides is 1. The van der Waals surface area contributed by atoms with Gasteiger partial charge in [0.2, 0.25) is 10.0 Å². The molecule has 0 atom stereocenters. The second kappa shape index (κ2) is 5.82. The summed E-state index contributed by atoms with van der Waals surface area (Å²) in [6.45, 7) is 5.15. The molecule has 0 bridgehead atoms. The molecule has 0 aliphatic carbocycles. The van der Waals surface area contributed by atoms with Gasteiger partial charge in [-0.15, -0.1) is 0 Å². The Bertz CT molecular complexity index is 552. The molecule has 0 aromatic heterocycles. The van der Waals surface area contributed by atoms with Gasteiger partial charge in [0.25, 0.3) is 0 Å². The van der Waals surface area contributed by atoms with Crippen LogP contribution in [0.25, 0.3) is 0 Å². The van der Waals surface area contributed by atoms with Crippen molar-refractivity contribution in [3.05, 3.63) is 28.8 Å². The lowest BCUT2D eigenvalue weighted by Crippen LogP contribution is -2.30. The average Bonchev–Trinajstić information content (AvgIpc) is 2.26. The van der Waals surface area contributed by atoms with Crippen LogP contribution >= 0.6 is 11.6 Å². The van der Waals surface area contributed by atoms with Crippen LogP contribution in [-0.2, 0) is 10.0 Å². The standard InChI is InChI=1S/C12H16ClNO3S/c1-4-11(15)9-5-6-10(13)12(7-9)18(16,17)14-8(2)3/h5-8,14H,4H2,1-3H3. The SMILES string of the molecule is CCC(=O)c1ccc(Cl)c(S(=O)(=O)NC(C)C)c1. The van der Waals surface area contributed by atoms with Crippen molar-refractivity contribution in [2.75, 3.05) is 0 Å². The molecule has 0 spiro atoms. The minimum atomic E-state index is -3.69. The van der Waals surface area contributed by atoms with Crippen molar-refractivity contribution in [2.24, 2.45) is 0 Å². The first-order chi connectivity index (χ1) is 8.27. The van der Waals surface area contributed by atoms with Crippen LogP contribution in [0.1, 0.15) is 37.6 Å². The number of hydrogen-bond donors (Lipinski definition) is 1. The van der Waals surface area contributed by atoms with Crippen molar-refractivity contribution < 1.29 is 13.2 Å². The number of Topliss-reactive ketones (excluding diaryl/α,β-unsaturated/α-hetero) is 1. The van der Waals surface area contributed by atoms with E-state index in [1.54, 1.807) is 20.8 Å². The summed E-state index contributed by atoms with van der Waals surface area (Å²) in [6.07, 6.45) is 0.318. The number of ketones is 1. The Morgan fingerprint density at radius 2 is 2.00 bits per heavy atom. The van der Waals surface area contributed by atoms with Gasteiger partial charge in [0.05, 0.1) is 5.02 Å². The molecular weight excluding hydrogens is 274 g/mol. The average molecular weight is 290 g/mol. The number of carbonyl (C=O) groups excluding carboxylic acids is 1. The van der Waals surface area contributed by atoms with Crippen LogP contribution in [0.2, 0.25) is 5.02 Å². The minimum Gasteiger partial charge on any atom is -0.294 e. The molecule has 4 nitrogen and oxygen atoms in total. The summed E-state index contributed by atoms with van der Waals surface area (Å²) in [5.74, 6) is -0.118. The Morgan fingerprint density at radius 1 is 1.39 bits per heavy atom. The third kappa shape index (κ3) is 3.54. The van der Waals surface area contributed by atoms with Gasteiger partial charge in [-0.1, -0.05) is 18.5 Å². The van der Waals surface area contributed by atoms with Gasteiger partial charge in [0.1, 0.15) is 4.90 Å². The van der Waals surface area contributed by atoms with Crippen molar-refractivity contribution in [2.45, 2.75) is 38.1 Å². The summed E-state index contributed by atoms with van der Waals surface area (Å²) < 4.78 is 26.5. The molecule has 0 saturated carbocycles. The molecule has 18 heavy (non-hydrogen) atoms. The maximum atomic E-state index is 12.0. The van der Waals surface area contributed by atoms with Gasteiger partial charge in [-0.2, -0.15) is 0 Å². The highest BCUT2D eigenvalue weighted by Crippen LogP contribution is 2.23. The Hall–Kier alpha value is -0.910. The number of rotatable bonds is 5. The van der Waals surface area contributed by atoms with E-state index in [1.165, 1.54) is 18.2 Å². The number of benzene rings is 1. The first-order valence-electron chi connectivity index (χ1n) is 5.63. The lowest BCUT2D eigenvalue weighted by molar-refractivity contribution is 0.0988. The molecule has 6 heteroatoms. The van der Waals surface area contributed by atoms with E-state index in [-0.39, 0.29) is 21.7 Å². The predicted octanol–water partition coefficient (Wildman–Crippen LogP) is 2.62. The summed E-state index contributed by atoms with van der Waals surface area (Å²) in [5.41, 5.74) is 0.353. The molecule has 100 valence electrons. The highest BCUT2D eigenvalue weighted by atomic mass is 35.5. The van der Waals surface area contributed by atoms with E-state index < -0.39 is 10.0 Å². The molecule has 0 aliphatic heterocycles. The van der Waals surface area contributed by atoms with E-state index in [9.17, 15) is 13.2 Å². The largest absolute Gasteiger partial charge is 0.294 e. The predicted molar refractivity (Wildman–Crippen MR) is 71.5 cm³/mol. The van der Waals surface area contributed by atoms with Crippen molar-refractivity contribution in [1.29, 1.82) is 0 Å². The van der Waals surface area contributed by atoms with Gasteiger partial charge in [-0.05, 0) is 32.0 Å². The van der Waals surface area contributed by atoms with Crippen LogP contribution in [0.4, 0.5) is 0 Å². The molecule has 0 radical (unpaired) electrons. The summed E-state index contributed by atoms with van der Waals surface area (Å²) in [4.78, 5) is 11.5. The van der Waals surface area contributed by atoms with E-state index in [0.29, 0.717) is 12.0 Å². The van der Waals surface area contributed by atoms with Crippen LogP contribution in [0.5, 0.6) is 0 Å². The van der Waals surface area contributed by atoms with E-state index in [1.807, 2.05) is 0 Å². The molecule has 1 N–H and O–H groups in total. The Morgan fingerprint density at radius 3 is 2.50 bits per heavy atom. The van der Waals surface area contributed by atoms with Crippen molar-refractivity contribution in [3.8, 4) is 0 Å². The summed E-state index contributed by atoms with van der Waals surface area (Å²) >= 11 is 5.88. The highest BCUT2D eigenvalue weighted by Gasteiger charge is 2.20. The van der Waals surface area contributed by atoms with Crippen LogP contribution in [0, 0.1) is 0 Å². The first kappa shape index (κ1) is 15.1. The quantitative estimate of drug-likeness (QED) is 0.848. The van der Waals surface area contributed by atoms with Gasteiger partial charge in [0, 0.05) is 18.0 Å². The fraction of sp³-hybridized carbons (Fsp3) is 0.417. The van der Waals surface area contributed by atoms with Crippen molar-refractivity contribution in [3.63, 3.8) is 0 Å². The summed E-state index contributed by atoms with van der Waals surface area (Å²) in [5, 5.41) is 0.107. The van der Waals surface area contributed by atoms with Crippen LogP contribution in [-0.4, -0.2) is 20.2 Å². The lowest BCUT2D eigenvalue weighted by atomic mass is 10.1. The topological polar surface area (TPSA) is 63.2 Å². The molecule has 1 rings (SSSR count). The Kier molecular flexibility index (Phi) is 4.90. The van der Waals surface area contributed by atoms with Crippen molar-refractivity contribution >= 4 is 27.4 Å². The van der Waals surface area contributed by atoms with E-state index in [0.717, 1.165) is 0 Å². The monoisotopic (exact) mass is 289 g/mol. The zero-order valence-corrected chi connectivity index (χ0v) is 12.1. The smallest absolute Gasteiger partial charge is 0.242 e. The molecule has 1 aromatic rings. The van der Waals surface area contributed by atoms with Gasteiger partial charge >= 0.3 is 0 Å². The Labute approximate surface area is 112 Å². The second-order valence-corrected chi connectivity index (χ2v) is 6.29. The molecule has 1 aromatic carbocycles. The van der Waals surface area contributed by atoms with Gasteiger partial charge in [-0.3, -0.25) is 4.79 Å². The fourth-order valence-corrected chi connectivity index (χ4v) is 3.24. The molecule has 0 aliphatic rings. The molecule has 0 unspecified atom stereocenters. The number of carbonyl (C=O) groups is 1. The van der Waals surface area contributed by atoms with Crippen LogP contribution in [0.3, 0.4) is 0 Å². The van der Waals surface area contributed by atoms with Crippen LogP contribution in [0.15, 0.2) is 23.1 Å². The van der Waals surface area contributed by atoms with Gasteiger partial charge in [0.15, 0.2) is 5.78 Å². The maximum absolute atomic E-state index is 12.0.